The van der Waals surface area contributed by atoms with Crippen LogP contribution in [0.3, 0.4) is 0 Å². The number of likely N-dealkylation sites (tertiary alicyclic amines) is 1. The smallest absolute Gasteiger partial charge is 0.326 e. The van der Waals surface area contributed by atoms with Crippen LogP contribution in [0.25, 0.3) is 0 Å². The number of carbonyl (C=O) groups excluding carboxylic acids is 4. The van der Waals surface area contributed by atoms with E-state index in [-0.39, 0.29) is 31.9 Å². The molecule has 0 saturated carbocycles. The maximum atomic E-state index is 12.8. The van der Waals surface area contributed by atoms with Gasteiger partial charge in [0, 0.05) is 13.1 Å². The molecule has 4 unspecified atom stereocenters. The Morgan fingerprint density at radius 1 is 1.06 bits per heavy atom. The van der Waals surface area contributed by atoms with Gasteiger partial charge in [0.05, 0.1) is 19.1 Å². The van der Waals surface area contributed by atoms with Gasteiger partial charge in [0.15, 0.2) is 5.96 Å². The van der Waals surface area contributed by atoms with Gasteiger partial charge in [-0.15, -0.1) is 0 Å². The van der Waals surface area contributed by atoms with Crippen LogP contribution < -0.4 is 33.6 Å². The third kappa shape index (κ3) is 8.89. The van der Waals surface area contributed by atoms with Crippen LogP contribution in [-0.4, -0.2) is 94.5 Å². The van der Waals surface area contributed by atoms with Crippen LogP contribution in [-0.2, 0) is 24.0 Å². The maximum absolute atomic E-state index is 12.8. The summed E-state index contributed by atoms with van der Waals surface area (Å²) in [5.41, 5.74) is 21.3. The summed E-state index contributed by atoms with van der Waals surface area (Å²) in [7, 11) is 0. The molecule has 4 atom stereocenters. The number of carboxylic acid groups (broad SMARTS) is 1. The molecular formula is C18H32N8O7. The third-order valence-corrected chi connectivity index (χ3v) is 4.96. The topological polar surface area (TPSA) is 270 Å². The lowest BCUT2D eigenvalue weighted by atomic mass is 10.1. The summed E-state index contributed by atoms with van der Waals surface area (Å²) >= 11 is 0. The van der Waals surface area contributed by atoms with Gasteiger partial charge in [0.25, 0.3) is 0 Å². The second-order valence-electron chi connectivity index (χ2n) is 7.56. The first-order chi connectivity index (χ1) is 15.5. The number of nitrogens with one attached hydrogen (secondary N) is 2. The molecule has 0 aromatic rings. The summed E-state index contributed by atoms with van der Waals surface area (Å²) in [6.07, 6.45) is 0.657. The molecule has 1 rings (SSSR count). The Hall–Kier alpha value is -3.46. The molecule has 186 valence electrons. The highest BCUT2D eigenvalue weighted by molar-refractivity contribution is 5.96. The van der Waals surface area contributed by atoms with Gasteiger partial charge in [-0.1, -0.05) is 0 Å². The minimum atomic E-state index is -1.47. The molecule has 1 aliphatic rings. The molecule has 15 nitrogen and oxygen atoms in total. The van der Waals surface area contributed by atoms with Gasteiger partial charge < -0.3 is 48.7 Å². The maximum Gasteiger partial charge on any atom is 0.326 e. The molecular weight excluding hydrogens is 440 g/mol. The predicted octanol–water partition coefficient (Wildman–Crippen LogP) is -4.72. The van der Waals surface area contributed by atoms with E-state index in [1.165, 1.54) is 0 Å². The number of aliphatic hydroxyl groups excluding tert-OH is 1. The molecule has 4 amide bonds. The number of hydrogen-bond donors (Lipinski definition) is 8. The Morgan fingerprint density at radius 3 is 2.24 bits per heavy atom. The zero-order valence-corrected chi connectivity index (χ0v) is 18.1. The first-order valence-corrected chi connectivity index (χ1v) is 10.3. The minimum Gasteiger partial charge on any atom is -0.480 e. The van der Waals surface area contributed by atoms with E-state index in [4.69, 9.17) is 22.9 Å². The molecule has 33 heavy (non-hydrogen) atoms. The van der Waals surface area contributed by atoms with E-state index < -0.39 is 66.8 Å². The number of rotatable bonds is 13. The first-order valence-electron chi connectivity index (χ1n) is 10.3. The molecule has 1 heterocycles. The number of aliphatic carboxylic acids is 1. The highest BCUT2D eigenvalue weighted by Gasteiger charge is 2.38. The van der Waals surface area contributed by atoms with Gasteiger partial charge in [-0.05, 0) is 25.7 Å². The van der Waals surface area contributed by atoms with Gasteiger partial charge in [-0.25, -0.2) is 4.79 Å². The number of aliphatic imine (C=N–C) groups is 1. The second-order valence-corrected chi connectivity index (χ2v) is 7.56. The monoisotopic (exact) mass is 472 g/mol. The number of carbonyl (C=O) groups is 5. The number of nitrogens with two attached hydrogens (primary N) is 4. The molecule has 0 bridgehead atoms. The van der Waals surface area contributed by atoms with Gasteiger partial charge in [-0.3, -0.25) is 24.2 Å². The standard InChI is InChI=1S/C18H32N8O7/c19-9(3-1-5-23-18(21)22)14(29)25-11(8-27)15(30)24-10(7-13(20)28)16(31)26-6-2-4-12(26)17(32)33/h9-12,27H,1-8,19H2,(H2,20,28)(H,24,30)(H,25,29)(H,32,33)(H4,21,22,23). The normalized spacial score (nSPS) is 18.0. The quantitative estimate of drug-likeness (QED) is 0.0720. The van der Waals surface area contributed by atoms with E-state index in [0.29, 0.717) is 12.8 Å². The Labute approximate surface area is 189 Å². The van der Waals surface area contributed by atoms with Crippen LogP contribution in [0, 0.1) is 0 Å². The van der Waals surface area contributed by atoms with Gasteiger partial charge in [0.2, 0.25) is 23.6 Å². The largest absolute Gasteiger partial charge is 0.480 e. The van der Waals surface area contributed by atoms with E-state index in [1.807, 2.05) is 0 Å². The van der Waals surface area contributed by atoms with E-state index >= 15 is 0 Å². The number of aliphatic hydroxyl groups is 1. The van der Waals surface area contributed by atoms with Gasteiger partial charge in [-0.2, -0.15) is 0 Å². The van der Waals surface area contributed by atoms with E-state index in [9.17, 15) is 34.2 Å². The summed E-state index contributed by atoms with van der Waals surface area (Å²) < 4.78 is 0. The molecule has 0 radical (unpaired) electrons. The van der Waals surface area contributed by atoms with Crippen LogP contribution >= 0.6 is 0 Å². The Morgan fingerprint density at radius 2 is 1.70 bits per heavy atom. The first kappa shape index (κ1) is 27.6. The lowest BCUT2D eigenvalue weighted by molar-refractivity contribution is -0.149. The third-order valence-electron chi connectivity index (χ3n) is 4.96. The summed E-state index contributed by atoms with van der Waals surface area (Å²) in [5, 5.41) is 23.3. The van der Waals surface area contributed by atoms with E-state index in [1.54, 1.807) is 0 Å². The van der Waals surface area contributed by atoms with E-state index in [0.717, 1.165) is 4.90 Å². The van der Waals surface area contributed by atoms with Crippen LogP contribution in [0.15, 0.2) is 4.99 Å². The number of carboxylic acids is 1. The van der Waals surface area contributed by atoms with Crippen molar-refractivity contribution in [1.29, 1.82) is 0 Å². The summed E-state index contributed by atoms with van der Waals surface area (Å²) in [6.45, 7) is -0.439. The van der Waals surface area contributed by atoms with Crippen molar-refractivity contribution in [3.8, 4) is 0 Å². The minimum absolute atomic E-state index is 0.103. The Balaban J connectivity index is 2.78. The van der Waals surface area contributed by atoms with Gasteiger partial charge in [0.1, 0.15) is 18.1 Å². The molecule has 1 saturated heterocycles. The number of nitrogens with zero attached hydrogens (tertiary/aromatic N) is 2. The fourth-order valence-corrected chi connectivity index (χ4v) is 3.28. The van der Waals surface area contributed by atoms with E-state index in [2.05, 4.69) is 15.6 Å². The molecule has 0 aliphatic carbocycles. The van der Waals surface area contributed by atoms with Crippen molar-refractivity contribution >= 4 is 35.6 Å². The Kier molecular flexibility index (Phi) is 11.0. The zero-order chi connectivity index (χ0) is 25.1. The van der Waals surface area contributed by atoms with Crippen molar-refractivity contribution in [3.63, 3.8) is 0 Å². The molecule has 1 aliphatic heterocycles. The summed E-state index contributed by atoms with van der Waals surface area (Å²) in [6, 6.07) is -5.05. The van der Waals surface area contributed by atoms with Crippen molar-refractivity contribution in [1.82, 2.24) is 15.5 Å². The second kappa shape index (κ2) is 13.2. The SMILES string of the molecule is NC(=O)CC(NC(=O)C(CO)NC(=O)C(N)CCCN=C(N)N)C(=O)N1CCCC1C(=O)O. The average molecular weight is 473 g/mol. The molecule has 0 aromatic carbocycles. The van der Waals surface area contributed by atoms with Crippen LogP contribution in [0.2, 0.25) is 0 Å². The number of amides is 4. The summed E-state index contributed by atoms with van der Waals surface area (Å²) in [5.74, 6) is -4.73. The average Bonchev–Trinajstić information content (AvgIpc) is 3.23. The fraction of sp³-hybridized carbons (Fsp3) is 0.667. The number of hydrogen-bond acceptors (Lipinski definition) is 8. The Bertz CT molecular complexity index is 771. The number of guanidine groups is 1. The highest BCUT2D eigenvalue weighted by atomic mass is 16.4. The van der Waals surface area contributed by atoms with Crippen molar-refractivity contribution in [2.75, 3.05) is 19.7 Å². The summed E-state index contributed by atoms with van der Waals surface area (Å²) in [4.78, 5) is 65.2. The lowest BCUT2D eigenvalue weighted by Crippen LogP contribution is -2.58. The van der Waals surface area contributed by atoms with Crippen molar-refractivity contribution in [2.45, 2.75) is 56.3 Å². The predicted molar refractivity (Wildman–Crippen MR) is 115 cm³/mol. The van der Waals surface area contributed by atoms with Crippen molar-refractivity contribution in [3.05, 3.63) is 0 Å². The van der Waals surface area contributed by atoms with Gasteiger partial charge >= 0.3 is 5.97 Å². The van der Waals surface area contributed by atoms with Crippen LogP contribution in [0.4, 0.5) is 0 Å². The van der Waals surface area contributed by atoms with Crippen LogP contribution in [0.1, 0.15) is 32.1 Å². The van der Waals surface area contributed by atoms with Crippen LogP contribution in [0.5, 0.6) is 0 Å². The molecule has 12 N–H and O–H groups in total. The molecule has 1 fully saturated rings. The zero-order valence-electron chi connectivity index (χ0n) is 18.1. The molecule has 0 aromatic heterocycles. The highest BCUT2D eigenvalue weighted by Crippen LogP contribution is 2.19. The van der Waals surface area contributed by atoms with Crippen molar-refractivity contribution in [2.24, 2.45) is 27.9 Å². The number of primary amides is 1. The lowest BCUT2D eigenvalue weighted by Gasteiger charge is -2.28. The fourth-order valence-electron chi connectivity index (χ4n) is 3.28. The molecule has 0 spiro atoms. The molecule has 15 heteroatoms. The van der Waals surface area contributed by atoms with Crippen molar-refractivity contribution < 1.29 is 34.2 Å².